The lowest BCUT2D eigenvalue weighted by molar-refractivity contribution is -0.175. The third kappa shape index (κ3) is 4.11. The Bertz CT molecular complexity index is 1310. The monoisotopic (exact) mass is 526 g/mol. The van der Waals surface area contributed by atoms with Crippen molar-refractivity contribution in [3.8, 4) is 0 Å². The molecule has 1 aromatic carbocycles. The van der Waals surface area contributed by atoms with E-state index >= 15 is 0 Å². The molecule has 0 spiro atoms. The van der Waals surface area contributed by atoms with Crippen LogP contribution in [-0.4, -0.2) is 45.2 Å². The van der Waals surface area contributed by atoms with Gasteiger partial charge in [0.2, 0.25) is 11.8 Å². The van der Waals surface area contributed by atoms with E-state index in [1.807, 2.05) is 13.0 Å². The second-order valence-corrected chi connectivity index (χ2v) is 10.2. The minimum atomic E-state index is -4.60. The second-order valence-electron chi connectivity index (χ2n) is 10.2. The Hall–Kier alpha value is -3.25. The van der Waals surface area contributed by atoms with Crippen LogP contribution in [-0.2, 0) is 0 Å². The van der Waals surface area contributed by atoms with Gasteiger partial charge in [-0.15, -0.1) is 5.10 Å². The SMILES string of the molecule is Cc1cc(N2CC3CCC(C2)C3Nc2nc3n(n2)C(C(F)(F)F)CCC3c2ccc(F)c(F)c2F)on1. The fraction of sp³-hybridized carbons (Fsp3) is 0.542. The van der Waals surface area contributed by atoms with Crippen LogP contribution >= 0.6 is 0 Å². The highest BCUT2D eigenvalue weighted by molar-refractivity contribution is 5.40. The van der Waals surface area contributed by atoms with Crippen molar-refractivity contribution in [3.63, 3.8) is 0 Å². The summed E-state index contributed by atoms with van der Waals surface area (Å²) in [7, 11) is 0. The van der Waals surface area contributed by atoms with Gasteiger partial charge in [-0.05, 0) is 50.5 Å². The molecular formula is C24H24F6N6O. The van der Waals surface area contributed by atoms with Gasteiger partial charge in [-0.2, -0.15) is 18.2 Å². The van der Waals surface area contributed by atoms with Crippen LogP contribution in [0.3, 0.4) is 0 Å². The molecule has 4 atom stereocenters. The molecule has 7 nitrogen and oxygen atoms in total. The molecule has 0 amide bonds. The van der Waals surface area contributed by atoms with Gasteiger partial charge in [0.25, 0.3) is 0 Å². The highest BCUT2D eigenvalue weighted by Gasteiger charge is 2.48. The molecule has 37 heavy (non-hydrogen) atoms. The molecule has 13 heteroatoms. The van der Waals surface area contributed by atoms with Crippen LogP contribution in [0, 0.1) is 36.2 Å². The number of halogens is 6. The number of hydrogen-bond acceptors (Lipinski definition) is 6. The van der Waals surface area contributed by atoms with Gasteiger partial charge in [-0.3, -0.25) is 0 Å². The molecule has 4 heterocycles. The largest absolute Gasteiger partial charge is 0.410 e. The molecule has 1 saturated carbocycles. The average molecular weight is 526 g/mol. The van der Waals surface area contributed by atoms with E-state index in [0.717, 1.165) is 35.4 Å². The Labute approximate surface area is 207 Å². The van der Waals surface area contributed by atoms with Crippen molar-refractivity contribution >= 4 is 11.8 Å². The molecule has 4 unspecified atom stereocenters. The number of nitrogens with zero attached hydrogens (tertiary/aromatic N) is 5. The zero-order valence-corrected chi connectivity index (χ0v) is 19.8. The van der Waals surface area contributed by atoms with E-state index in [1.165, 1.54) is 0 Å². The summed E-state index contributed by atoms with van der Waals surface area (Å²) >= 11 is 0. The Kier molecular flexibility index (Phi) is 5.64. The lowest BCUT2D eigenvalue weighted by Gasteiger charge is -2.37. The molecule has 0 radical (unpaired) electrons. The molecule has 2 bridgehead atoms. The maximum absolute atomic E-state index is 14.6. The number of hydrogen-bond donors (Lipinski definition) is 1. The maximum atomic E-state index is 14.6. The van der Waals surface area contributed by atoms with Crippen LogP contribution in [0.4, 0.5) is 38.2 Å². The number of anilines is 2. The topological polar surface area (TPSA) is 72.0 Å². The van der Waals surface area contributed by atoms with E-state index in [9.17, 15) is 26.3 Å². The number of alkyl halides is 3. The zero-order chi connectivity index (χ0) is 26.1. The second kappa shape index (κ2) is 8.66. The number of rotatable bonds is 4. The molecule has 3 aromatic rings. The van der Waals surface area contributed by atoms with Crippen molar-refractivity contribution in [3.05, 3.63) is 52.7 Å². The fourth-order valence-corrected chi connectivity index (χ4v) is 6.13. The number of piperidine rings is 1. The molecule has 198 valence electrons. The highest BCUT2D eigenvalue weighted by atomic mass is 19.4. The van der Waals surface area contributed by atoms with Gasteiger partial charge in [0, 0.05) is 36.7 Å². The third-order valence-electron chi connectivity index (χ3n) is 7.87. The van der Waals surface area contributed by atoms with Crippen molar-refractivity contribution in [2.75, 3.05) is 23.3 Å². The molecule has 3 aliphatic rings. The first kappa shape index (κ1) is 24.1. The average Bonchev–Trinajstić information content (AvgIpc) is 3.52. The van der Waals surface area contributed by atoms with Crippen molar-refractivity contribution < 1.29 is 30.9 Å². The quantitative estimate of drug-likeness (QED) is 0.365. The lowest BCUT2D eigenvalue weighted by atomic mass is 9.88. The highest BCUT2D eigenvalue weighted by Crippen LogP contribution is 2.45. The minimum absolute atomic E-state index is 0.0185. The van der Waals surface area contributed by atoms with Gasteiger partial charge >= 0.3 is 6.18 Å². The molecular weight excluding hydrogens is 502 g/mol. The molecule has 1 aliphatic carbocycles. The normalized spacial score (nSPS) is 27.4. The molecule has 1 N–H and O–H groups in total. The Morgan fingerprint density at radius 1 is 1.00 bits per heavy atom. The van der Waals surface area contributed by atoms with Gasteiger partial charge in [0.1, 0.15) is 11.9 Å². The third-order valence-corrected chi connectivity index (χ3v) is 7.87. The van der Waals surface area contributed by atoms with E-state index < -0.39 is 35.6 Å². The minimum Gasteiger partial charge on any atom is -0.350 e. The smallest absolute Gasteiger partial charge is 0.350 e. The number of aromatic nitrogens is 4. The molecule has 6 rings (SSSR count). The van der Waals surface area contributed by atoms with E-state index in [2.05, 4.69) is 25.5 Å². The van der Waals surface area contributed by atoms with E-state index in [4.69, 9.17) is 4.52 Å². The van der Waals surface area contributed by atoms with Crippen molar-refractivity contribution in [2.45, 2.75) is 56.8 Å². The Balaban J connectivity index is 1.30. The van der Waals surface area contributed by atoms with Crippen LogP contribution in [0.5, 0.6) is 0 Å². The van der Waals surface area contributed by atoms with Gasteiger partial charge in [-0.25, -0.2) is 17.9 Å². The number of nitrogens with one attached hydrogen (secondary N) is 1. The van der Waals surface area contributed by atoms with E-state index in [-0.39, 0.29) is 48.1 Å². The maximum Gasteiger partial charge on any atom is 0.410 e. The van der Waals surface area contributed by atoms with Gasteiger partial charge < -0.3 is 14.7 Å². The number of fused-ring (bicyclic) bond motifs is 3. The number of aryl methyl sites for hydroxylation is 1. The first-order chi connectivity index (χ1) is 17.6. The summed E-state index contributed by atoms with van der Waals surface area (Å²) in [4.78, 5) is 6.47. The summed E-state index contributed by atoms with van der Waals surface area (Å²) in [5.41, 5.74) is 0.539. The summed E-state index contributed by atoms with van der Waals surface area (Å²) < 4.78 is 89.8. The van der Waals surface area contributed by atoms with Crippen LogP contribution in [0.15, 0.2) is 22.7 Å². The molecule has 2 fully saturated rings. The standard InChI is InChI=1S/C24H24F6N6O/c1-11-8-18(37-34-11)35-9-12-2-3-13(10-35)21(12)31-23-32-22-15(14-4-6-16(25)20(27)19(14)26)5-7-17(24(28,29)30)36(22)33-23/h4,6,8,12-13,15,17,21H,2-3,5,7,9-10H2,1H3,(H,31,33). The lowest BCUT2D eigenvalue weighted by Crippen LogP contribution is -2.48. The van der Waals surface area contributed by atoms with Crippen LogP contribution in [0.1, 0.15) is 54.7 Å². The Morgan fingerprint density at radius 2 is 1.73 bits per heavy atom. The summed E-state index contributed by atoms with van der Waals surface area (Å²) in [5.74, 6) is -4.50. The zero-order valence-electron chi connectivity index (χ0n) is 19.8. The van der Waals surface area contributed by atoms with Crippen LogP contribution < -0.4 is 10.2 Å². The predicted octanol–water partition coefficient (Wildman–Crippen LogP) is 5.35. The van der Waals surface area contributed by atoms with Crippen LogP contribution in [0.25, 0.3) is 0 Å². The van der Waals surface area contributed by atoms with Crippen molar-refractivity contribution in [1.82, 2.24) is 19.9 Å². The fourth-order valence-electron chi connectivity index (χ4n) is 6.13. The summed E-state index contributed by atoms with van der Waals surface area (Å²) in [6, 6.07) is 1.69. The summed E-state index contributed by atoms with van der Waals surface area (Å²) in [6.07, 6.45) is -3.27. The Morgan fingerprint density at radius 3 is 2.38 bits per heavy atom. The summed E-state index contributed by atoms with van der Waals surface area (Å²) in [6.45, 7) is 3.21. The van der Waals surface area contributed by atoms with E-state index in [1.54, 1.807) is 0 Å². The van der Waals surface area contributed by atoms with Crippen molar-refractivity contribution in [2.24, 2.45) is 11.8 Å². The molecule has 2 aliphatic heterocycles. The first-order valence-corrected chi connectivity index (χ1v) is 12.2. The van der Waals surface area contributed by atoms with Crippen LogP contribution in [0.2, 0.25) is 0 Å². The molecule has 2 aromatic heterocycles. The van der Waals surface area contributed by atoms with Gasteiger partial charge in [-0.1, -0.05) is 11.2 Å². The van der Waals surface area contributed by atoms with Crippen molar-refractivity contribution in [1.29, 1.82) is 0 Å². The van der Waals surface area contributed by atoms with E-state index in [0.29, 0.717) is 19.0 Å². The number of benzene rings is 1. The predicted molar refractivity (Wildman–Crippen MR) is 120 cm³/mol. The molecule has 1 saturated heterocycles. The van der Waals surface area contributed by atoms with Gasteiger partial charge in [0.05, 0.1) is 5.69 Å². The van der Waals surface area contributed by atoms with Gasteiger partial charge in [0.15, 0.2) is 17.5 Å². The summed E-state index contributed by atoms with van der Waals surface area (Å²) in [5, 5.41) is 11.3. The first-order valence-electron chi connectivity index (χ1n) is 12.2.